The largest absolute Gasteiger partial charge is 1.00 e. The highest BCUT2D eigenvalue weighted by Gasteiger charge is 2.02. The molecule has 13 heavy (non-hydrogen) atoms. The van der Waals surface area contributed by atoms with Crippen LogP contribution in [0.4, 0.5) is 4.79 Å². The van der Waals surface area contributed by atoms with Gasteiger partial charge in [0.05, 0.1) is 5.52 Å². The van der Waals surface area contributed by atoms with Crippen LogP contribution in [0, 0.1) is 0 Å². The first kappa shape index (κ1) is 9.61. The number of benzene rings is 1. The van der Waals surface area contributed by atoms with Gasteiger partial charge in [-0.1, -0.05) is 18.2 Å². The molecule has 0 atom stereocenters. The first-order chi connectivity index (χ1) is 5.79. The number of halogens is 1. The molecule has 0 unspecified atom stereocenters. The molecule has 0 aliphatic heterocycles. The summed E-state index contributed by atoms with van der Waals surface area (Å²) < 4.78 is 1.43. The lowest BCUT2D eigenvalue weighted by molar-refractivity contribution is 0.251. The fourth-order valence-electron chi connectivity index (χ4n) is 1.28. The monoisotopic (exact) mass is 197 g/mol. The summed E-state index contributed by atoms with van der Waals surface area (Å²) in [5.74, 6) is 0. The molecule has 0 aliphatic carbocycles. The van der Waals surface area contributed by atoms with Crippen molar-refractivity contribution in [3.63, 3.8) is 0 Å². The molecule has 0 radical (unpaired) electrons. The van der Waals surface area contributed by atoms with E-state index in [0.717, 1.165) is 10.9 Å². The van der Waals surface area contributed by atoms with Crippen molar-refractivity contribution in [3.8, 4) is 0 Å². The third-order valence-corrected chi connectivity index (χ3v) is 1.84. The molecule has 2 N–H and O–H groups in total. The van der Waals surface area contributed by atoms with Crippen molar-refractivity contribution >= 4 is 29.3 Å². The lowest BCUT2D eigenvalue weighted by Crippen LogP contribution is -2.17. The number of para-hydroxylation sites is 1. The Kier molecular flexibility index (Phi) is 2.58. The Morgan fingerprint density at radius 1 is 1.31 bits per heavy atom. The summed E-state index contributed by atoms with van der Waals surface area (Å²) in [6.45, 7) is 0. The molecule has 4 heteroatoms. The van der Waals surface area contributed by atoms with Gasteiger partial charge in [0.1, 0.15) is 0 Å². The van der Waals surface area contributed by atoms with Crippen LogP contribution in [0.15, 0.2) is 36.5 Å². The normalized spacial score (nSPS) is 9.54. The molecule has 68 valence electrons. The minimum atomic E-state index is -0.448. The number of hydrogen-bond donors (Lipinski definition) is 1. The van der Waals surface area contributed by atoms with Gasteiger partial charge >= 0.3 is 7.46 Å². The molecule has 0 spiro atoms. The van der Waals surface area contributed by atoms with Gasteiger partial charge in [0.2, 0.25) is 0 Å². The van der Waals surface area contributed by atoms with Crippen LogP contribution in [0.5, 0.6) is 0 Å². The van der Waals surface area contributed by atoms with Gasteiger partial charge in [-0.25, -0.2) is 4.79 Å². The molecule has 0 fully saturated rings. The van der Waals surface area contributed by atoms with Crippen LogP contribution in [-0.4, -0.2) is 10.6 Å². The van der Waals surface area contributed by atoms with Gasteiger partial charge in [-0.2, -0.15) is 0 Å². The van der Waals surface area contributed by atoms with Gasteiger partial charge in [0.25, 0.3) is 0 Å². The van der Waals surface area contributed by atoms with Crippen molar-refractivity contribution in [1.29, 1.82) is 0 Å². The minimum absolute atomic E-state index is 0. The van der Waals surface area contributed by atoms with E-state index in [1.54, 1.807) is 6.20 Å². The number of fused-ring (bicyclic) bond motifs is 1. The smallest absolute Gasteiger partial charge is 0.351 e. The SMILES string of the molecule is Cl.NC(=O)n1ccc2ccccc21.[H+]. The molecule has 1 aromatic carbocycles. The molecule has 1 amide bonds. The van der Waals surface area contributed by atoms with Gasteiger partial charge in [-0.15, -0.1) is 12.4 Å². The number of hydrogen-bond acceptors (Lipinski definition) is 1. The van der Waals surface area contributed by atoms with E-state index in [-0.39, 0.29) is 13.8 Å². The van der Waals surface area contributed by atoms with Crippen LogP contribution in [-0.2, 0) is 0 Å². The molecule has 1 heterocycles. The first-order valence-electron chi connectivity index (χ1n) is 3.65. The van der Waals surface area contributed by atoms with Gasteiger partial charge in [-0.3, -0.25) is 4.57 Å². The molecule has 2 rings (SSSR count). The molecule has 3 nitrogen and oxygen atoms in total. The summed E-state index contributed by atoms with van der Waals surface area (Å²) in [5, 5.41) is 1.02. The van der Waals surface area contributed by atoms with E-state index in [1.165, 1.54) is 4.57 Å². The summed E-state index contributed by atoms with van der Waals surface area (Å²) in [6, 6.07) is 9.01. The summed E-state index contributed by atoms with van der Waals surface area (Å²) in [4.78, 5) is 10.9. The molecular weight excluding hydrogens is 188 g/mol. The average molecular weight is 198 g/mol. The third-order valence-electron chi connectivity index (χ3n) is 1.84. The van der Waals surface area contributed by atoms with E-state index >= 15 is 0 Å². The molecule has 2 aromatic rings. The van der Waals surface area contributed by atoms with Crippen molar-refractivity contribution in [2.45, 2.75) is 0 Å². The van der Waals surface area contributed by atoms with Crippen LogP contribution < -0.4 is 5.73 Å². The van der Waals surface area contributed by atoms with Crippen LogP contribution >= 0.6 is 12.4 Å². The number of primary amides is 1. The second-order valence-corrected chi connectivity index (χ2v) is 2.58. The summed E-state index contributed by atoms with van der Waals surface area (Å²) >= 11 is 0. The second-order valence-electron chi connectivity index (χ2n) is 2.58. The highest BCUT2D eigenvalue weighted by atomic mass is 35.5. The Morgan fingerprint density at radius 2 is 2.00 bits per heavy atom. The highest BCUT2D eigenvalue weighted by molar-refractivity contribution is 5.90. The highest BCUT2D eigenvalue weighted by Crippen LogP contribution is 2.13. The fraction of sp³-hybridized carbons (Fsp3) is 0. The average Bonchev–Trinajstić information content (AvgIpc) is 2.47. The zero-order chi connectivity index (χ0) is 8.55. The van der Waals surface area contributed by atoms with Gasteiger partial charge in [0, 0.05) is 11.6 Å². The Labute approximate surface area is 83.0 Å². The zero-order valence-corrected chi connectivity index (χ0v) is 7.62. The predicted molar refractivity (Wildman–Crippen MR) is 55.3 cm³/mol. The summed E-state index contributed by atoms with van der Waals surface area (Å²) in [7, 11) is 0. The second kappa shape index (κ2) is 3.49. The van der Waals surface area contributed by atoms with Crippen molar-refractivity contribution in [2.24, 2.45) is 5.73 Å². The Bertz CT molecular complexity index is 441. The van der Waals surface area contributed by atoms with Crippen molar-refractivity contribution in [1.82, 2.24) is 4.57 Å². The Hall–Kier alpha value is -1.48. The van der Waals surface area contributed by atoms with E-state index in [9.17, 15) is 4.79 Å². The Balaban J connectivity index is 0.000000845. The van der Waals surface area contributed by atoms with Crippen molar-refractivity contribution in [2.75, 3.05) is 0 Å². The molecular formula is C9H10ClN2O+. The van der Waals surface area contributed by atoms with E-state index < -0.39 is 6.03 Å². The lowest BCUT2D eigenvalue weighted by Gasteiger charge is -1.96. The van der Waals surface area contributed by atoms with Gasteiger partial charge in [0.15, 0.2) is 0 Å². The van der Waals surface area contributed by atoms with Crippen molar-refractivity contribution < 1.29 is 6.22 Å². The molecule has 0 aliphatic rings. The van der Waals surface area contributed by atoms with Gasteiger partial charge < -0.3 is 5.73 Å². The van der Waals surface area contributed by atoms with E-state index in [2.05, 4.69) is 0 Å². The standard InChI is InChI=1S/C9H8N2O.ClH/c10-9(12)11-6-5-7-3-1-2-4-8(7)11;/h1-6H,(H2,10,12);1H/p+1. The minimum Gasteiger partial charge on any atom is -0.351 e. The number of amides is 1. The number of carbonyl (C=O) groups excluding carboxylic acids is 1. The van der Waals surface area contributed by atoms with Gasteiger partial charge in [-0.05, 0) is 12.1 Å². The lowest BCUT2D eigenvalue weighted by atomic mass is 10.2. The zero-order valence-electron chi connectivity index (χ0n) is 7.81. The maximum absolute atomic E-state index is 10.9. The van der Waals surface area contributed by atoms with Crippen LogP contribution in [0.25, 0.3) is 10.9 Å². The molecule has 0 bridgehead atoms. The number of aromatic nitrogens is 1. The van der Waals surface area contributed by atoms with E-state index in [4.69, 9.17) is 5.73 Å². The first-order valence-corrected chi connectivity index (χ1v) is 3.65. The van der Waals surface area contributed by atoms with E-state index in [0.29, 0.717) is 0 Å². The molecule has 0 saturated carbocycles. The fourth-order valence-corrected chi connectivity index (χ4v) is 1.28. The summed E-state index contributed by atoms with van der Waals surface area (Å²) in [5.41, 5.74) is 6.00. The maximum atomic E-state index is 10.9. The topological polar surface area (TPSA) is 48.0 Å². The molecule has 0 saturated heterocycles. The Morgan fingerprint density at radius 3 is 2.69 bits per heavy atom. The number of carbonyl (C=O) groups is 1. The summed E-state index contributed by atoms with van der Waals surface area (Å²) in [6.07, 6.45) is 1.67. The predicted octanol–water partition coefficient (Wildman–Crippen LogP) is 2.10. The van der Waals surface area contributed by atoms with E-state index in [1.807, 2.05) is 30.3 Å². The number of rotatable bonds is 0. The quantitative estimate of drug-likeness (QED) is 0.691. The van der Waals surface area contributed by atoms with Crippen LogP contribution in [0.1, 0.15) is 1.43 Å². The molecule has 1 aromatic heterocycles. The van der Waals surface area contributed by atoms with Crippen molar-refractivity contribution in [3.05, 3.63) is 36.5 Å². The van der Waals surface area contributed by atoms with Crippen LogP contribution in [0.2, 0.25) is 0 Å². The maximum Gasteiger partial charge on any atom is 1.00 e. The third kappa shape index (κ3) is 1.51. The van der Waals surface area contributed by atoms with Crippen LogP contribution in [0.3, 0.4) is 0 Å². The number of nitrogens with zero attached hydrogens (tertiary/aromatic N) is 1. The number of nitrogens with two attached hydrogens (primary N) is 1.